The minimum absolute atomic E-state index is 0.249. The van der Waals surface area contributed by atoms with Crippen LogP contribution in [0.25, 0.3) is 11.3 Å². The molecule has 1 aromatic heterocycles. The predicted octanol–water partition coefficient (Wildman–Crippen LogP) is 4.31. The number of aromatic carboxylic acids is 1. The summed E-state index contributed by atoms with van der Waals surface area (Å²) in [6.45, 7) is 2.24. The van der Waals surface area contributed by atoms with Crippen LogP contribution < -0.4 is 5.73 Å². The highest BCUT2D eigenvalue weighted by atomic mass is 16.6. The van der Waals surface area contributed by atoms with Gasteiger partial charge in [-0.2, -0.15) is 0 Å². The Kier molecular flexibility index (Phi) is 13.2. The van der Waals surface area contributed by atoms with Crippen molar-refractivity contribution >= 4 is 11.9 Å². The minimum Gasteiger partial charge on any atom is -0.479 e. The molecule has 1 saturated heterocycles. The average Bonchev–Trinajstić information content (AvgIpc) is 3.44. The normalized spacial score (nSPS) is 22.6. The highest BCUT2D eigenvalue weighted by Gasteiger charge is 2.47. The molecule has 0 bridgehead atoms. The molecule has 5 atom stereocenters. The van der Waals surface area contributed by atoms with E-state index in [-0.39, 0.29) is 5.56 Å². The number of hydrogen-bond donors (Lipinski definition) is 5. The summed E-state index contributed by atoms with van der Waals surface area (Å²) in [5, 5.41) is 47.4. The van der Waals surface area contributed by atoms with E-state index in [1.54, 1.807) is 18.2 Å². The van der Waals surface area contributed by atoms with Crippen molar-refractivity contribution in [1.29, 1.82) is 0 Å². The summed E-state index contributed by atoms with van der Waals surface area (Å²) in [5.41, 5.74) is 8.01. The van der Waals surface area contributed by atoms with Gasteiger partial charge in [-0.15, -0.1) is 5.10 Å². The first-order chi connectivity index (χ1) is 19.7. The van der Waals surface area contributed by atoms with Crippen molar-refractivity contribution in [2.45, 2.75) is 127 Å². The minimum atomic E-state index is -1.68. The number of carboxylic acids is 2. The van der Waals surface area contributed by atoms with E-state index >= 15 is 0 Å². The molecule has 1 aliphatic rings. The zero-order valence-corrected chi connectivity index (χ0v) is 24.0. The van der Waals surface area contributed by atoms with Crippen LogP contribution in [-0.2, 0) is 16.0 Å². The molecule has 0 saturated carbocycles. The molecule has 0 aliphatic carbocycles. The highest BCUT2D eigenvalue weighted by molar-refractivity contribution is 5.90. The number of nitrogens with two attached hydrogens (primary N) is 1. The lowest BCUT2D eigenvalue weighted by Crippen LogP contribution is -2.60. The molecule has 0 spiro atoms. The van der Waals surface area contributed by atoms with Crippen LogP contribution in [0, 0.1) is 0 Å². The summed E-state index contributed by atoms with van der Waals surface area (Å²) in [7, 11) is 0. The molecule has 1 aliphatic heterocycles. The summed E-state index contributed by atoms with van der Waals surface area (Å²) in [6.07, 6.45) is 12.2. The summed E-state index contributed by atoms with van der Waals surface area (Å²) >= 11 is 0. The van der Waals surface area contributed by atoms with Gasteiger partial charge in [0.2, 0.25) is 0 Å². The molecule has 0 unspecified atom stereocenters. The van der Waals surface area contributed by atoms with Crippen LogP contribution in [0.15, 0.2) is 24.4 Å². The average molecular weight is 575 g/mol. The van der Waals surface area contributed by atoms with E-state index in [0.29, 0.717) is 23.2 Å². The van der Waals surface area contributed by atoms with Gasteiger partial charge in [-0.3, -0.25) is 0 Å². The van der Waals surface area contributed by atoms with E-state index in [9.17, 15) is 30.0 Å². The maximum absolute atomic E-state index is 11.8. The monoisotopic (exact) mass is 574 g/mol. The molecule has 6 N–H and O–H groups in total. The van der Waals surface area contributed by atoms with Crippen molar-refractivity contribution in [3.8, 4) is 11.3 Å². The largest absolute Gasteiger partial charge is 0.479 e. The Morgan fingerprint density at radius 3 is 2.05 bits per heavy atom. The molecule has 0 radical (unpaired) electrons. The first-order valence-corrected chi connectivity index (χ1v) is 15.0. The second kappa shape index (κ2) is 16.5. The van der Waals surface area contributed by atoms with Gasteiger partial charge in [-0.1, -0.05) is 95.3 Å². The first-order valence-electron chi connectivity index (χ1n) is 15.0. The highest BCUT2D eigenvalue weighted by Crippen LogP contribution is 2.29. The van der Waals surface area contributed by atoms with E-state index < -0.39 is 42.5 Å². The van der Waals surface area contributed by atoms with Gasteiger partial charge in [-0.05, 0) is 30.5 Å². The van der Waals surface area contributed by atoms with Crippen LogP contribution in [-0.4, -0.2) is 71.7 Å². The zero-order chi connectivity index (χ0) is 29.8. The van der Waals surface area contributed by atoms with Crippen molar-refractivity contribution < 1.29 is 34.8 Å². The number of aryl methyl sites for hydroxylation is 1. The fraction of sp³-hybridized carbons (Fsp3) is 0.667. The van der Waals surface area contributed by atoms with Gasteiger partial charge in [0.05, 0.1) is 17.8 Å². The standard InChI is InChI=1S/C30H46N4O7/c1-2-3-4-5-6-7-8-9-10-11-12-13-14-15-20-18-21(16-17-22(20)29(37)38)23-19-34(33-32-23)28-24(31)25(35)26(36)27(41-28)30(39)40/h16-19,24-28,35-36H,2-15,31H2,1H3,(H,37,38)(H,39,40)/t24-,25-,26+,27+,28-/m1/s1. The third-order valence-corrected chi connectivity index (χ3v) is 7.87. The van der Waals surface area contributed by atoms with E-state index in [2.05, 4.69) is 17.2 Å². The van der Waals surface area contributed by atoms with Crippen LogP contribution >= 0.6 is 0 Å². The van der Waals surface area contributed by atoms with Crippen LogP contribution in [0.5, 0.6) is 0 Å². The second-order valence-electron chi connectivity index (χ2n) is 11.1. The van der Waals surface area contributed by atoms with Crippen molar-refractivity contribution in [3.63, 3.8) is 0 Å². The van der Waals surface area contributed by atoms with Gasteiger partial charge >= 0.3 is 11.9 Å². The number of rotatable bonds is 18. The van der Waals surface area contributed by atoms with E-state index in [1.807, 2.05) is 0 Å². The smallest absolute Gasteiger partial charge is 0.335 e. The Labute approximate surface area is 241 Å². The number of carbonyl (C=O) groups is 2. The fourth-order valence-electron chi connectivity index (χ4n) is 5.37. The molecular weight excluding hydrogens is 528 g/mol. The SMILES string of the molecule is CCCCCCCCCCCCCCCc1cc(-c2cn([C@@H]3O[C@H](C(=O)O)[C@@H](O)[C@H](O)[C@H]3N)nn2)ccc1C(=O)O. The van der Waals surface area contributed by atoms with Gasteiger partial charge in [0.15, 0.2) is 12.3 Å². The van der Waals surface area contributed by atoms with Gasteiger partial charge < -0.3 is 30.9 Å². The molecular formula is C30H46N4O7. The zero-order valence-electron chi connectivity index (χ0n) is 24.0. The molecule has 2 aromatic rings. The lowest BCUT2D eigenvalue weighted by Gasteiger charge is -2.39. The molecule has 41 heavy (non-hydrogen) atoms. The third kappa shape index (κ3) is 9.32. The Bertz CT molecular complexity index is 1110. The van der Waals surface area contributed by atoms with Crippen LogP contribution in [0.2, 0.25) is 0 Å². The number of hydrogen-bond acceptors (Lipinski definition) is 8. The van der Waals surface area contributed by atoms with Crippen molar-refractivity contribution in [2.75, 3.05) is 0 Å². The number of aliphatic carboxylic acids is 1. The number of aromatic nitrogens is 3. The molecule has 1 aromatic carbocycles. The summed E-state index contributed by atoms with van der Waals surface area (Å²) < 4.78 is 6.64. The topological polar surface area (TPSA) is 181 Å². The summed E-state index contributed by atoms with van der Waals surface area (Å²) in [5.74, 6) is -2.42. The predicted molar refractivity (Wildman–Crippen MR) is 153 cm³/mol. The van der Waals surface area contributed by atoms with E-state index in [4.69, 9.17) is 10.5 Å². The number of aliphatic hydroxyl groups excluding tert-OH is 2. The second-order valence-corrected chi connectivity index (χ2v) is 11.1. The molecule has 1 fully saturated rings. The maximum Gasteiger partial charge on any atom is 0.335 e. The van der Waals surface area contributed by atoms with Gasteiger partial charge in [0.1, 0.15) is 17.9 Å². The molecule has 2 heterocycles. The van der Waals surface area contributed by atoms with Crippen molar-refractivity contribution in [1.82, 2.24) is 15.0 Å². The fourth-order valence-corrected chi connectivity index (χ4v) is 5.37. The number of benzene rings is 1. The summed E-state index contributed by atoms with van der Waals surface area (Å²) in [6, 6.07) is 3.84. The van der Waals surface area contributed by atoms with E-state index in [1.165, 1.54) is 75.1 Å². The number of unbranched alkanes of at least 4 members (excludes halogenated alkanes) is 12. The van der Waals surface area contributed by atoms with Crippen LogP contribution in [0.4, 0.5) is 0 Å². The molecule has 0 amide bonds. The van der Waals surface area contributed by atoms with Crippen molar-refractivity contribution in [3.05, 3.63) is 35.5 Å². The van der Waals surface area contributed by atoms with Gasteiger partial charge in [-0.25, -0.2) is 14.3 Å². The number of nitrogens with zero attached hydrogens (tertiary/aromatic N) is 3. The Hall–Kier alpha value is -2.86. The Morgan fingerprint density at radius 1 is 0.902 bits per heavy atom. The number of aliphatic hydroxyl groups is 2. The number of carboxylic acid groups (broad SMARTS) is 2. The molecule has 228 valence electrons. The summed E-state index contributed by atoms with van der Waals surface area (Å²) in [4.78, 5) is 23.3. The Morgan fingerprint density at radius 2 is 1.49 bits per heavy atom. The third-order valence-electron chi connectivity index (χ3n) is 7.87. The van der Waals surface area contributed by atoms with Gasteiger partial charge in [0, 0.05) is 5.56 Å². The Balaban J connectivity index is 1.52. The van der Waals surface area contributed by atoms with Crippen LogP contribution in [0.3, 0.4) is 0 Å². The number of ether oxygens (including phenoxy) is 1. The maximum atomic E-state index is 11.8. The lowest BCUT2D eigenvalue weighted by molar-refractivity contribution is -0.215. The molecule has 11 nitrogen and oxygen atoms in total. The molecule has 3 rings (SSSR count). The van der Waals surface area contributed by atoms with Crippen molar-refractivity contribution in [2.24, 2.45) is 5.73 Å². The quantitative estimate of drug-likeness (QED) is 0.161. The van der Waals surface area contributed by atoms with Crippen LogP contribution in [0.1, 0.15) is 113 Å². The van der Waals surface area contributed by atoms with E-state index in [0.717, 1.165) is 19.3 Å². The lowest BCUT2D eigenvalue weighted by atomic mass is 9.96. The molecule has 11 heteroatoms. The van der Waals surface area contributed by atoms with Gasteiger partial charge in [0.25, 0.3) is 0 Å². The first kappa shape index (κ1) is 32.7.